The van der Waals surface area contributed by atoms with Gasteiger partial charge in [-0.3, -0.25) is 4.79 Å². The Morgan fingerprint density at radius 3 is 2.54 bits per heavy atom. The molecular weight excluding hydrogens is 324 g/mol. The number of ether oxygens (including phenoxy) is 1. The Morgan fingerprint density at radius 1 is 1.17 bits per heavy atom. The lowest BCUT2D eigenvalue weighted by atomic mass is 9.91. The molecule has 130 valence electrons. The number of halogens is 1. The van der Waals surface area contributed by atoms with Crippen LogP contribution in [-0.4, -0.2) is 25.2 Å². The van der Waals surface area contributed by atoms with Crippen molar-refractivity contribution in [1.82, 2.24) is 5.32 Å². The van der Waals surface area contributed by atoms with E-state index in [1.165, 1.54) is 10.8 Å². The zero-order chi connectivity index (χ0) is 16.2. The van der Waals surface area contributed by atoms with E-state index in [0.29, 0.717) is 13.2 Å². The summed E-state index contributed by atoms with van der Waals surface area (Å²) in [7, 11) is 0. The number of hydrogen-bond donors (Lipinski definition) is 2. The Hall–Kier alpha value is -1.62. The van der Waals surface area contributed by atoms with Crippen LogP contribution in [0.15, 0.2) is 42.5 Å². The van der Waals surface area contributed by atoms with Crippen molar-refractivity contribution >= 4 is 29.1 Å². The molecule has 0 bridgehead atoms. The Bertz CT molecular complexity index is 686. The first kappa shape index (κ1) is 18.7. The maximum atomic E-state index is 12.4. The van der Waals surface area contributed by atoms with Crippen LogP contribution in [0.25, 0.3) is 10.8 Å². The van der Waals surface area contributed by atoms with E-state index in [-0.39, 0.29) is 30.3 Å². The third kappa shape index (κ3) is 4.26. The van der Waals surface area contributed by atoms with Gasteiger partial charge in [0.1, 0.15) is 0 Å². The van der Waals surface area contributed by atoms with E-state index in [0.717, 1.165) is 18.4 Å². The van der Waals surface area contributed by atoms with E-state index in [1.54, 1.807) is 0 Å². The summed E-state index contributed by atoms with van der Waals surface area (Å²) in [5, 5.41) is 5.44. The first-order valence-electron chi connectivity index (χ1n) is 8.27. The predicted molar refractivity (Wildman–Crippen MR) is 99.3 cm³/mol. The monoisotopic (exact) mass is 348 g/mol. The van der Waals surface area contributed by atoms with Gasteiger partial charge in [0.25, 0.3) is 0 Å². The molecule has 1 amide bonds. The molecule has 1 aliphatic heterocycles. The molecule has 0 aromatic heterocycles. The molecule has 1 saturated heterocycles. The van der Waals surface area contributed by atoms with Crippen molar-refractivity contribution in [2.45, 2.75) is 31.8 Å². The van der Waals surface area contributed by atoms with E-state index in [9.17, 15) is 4.79 Å². The Kier molecular flexibility index (Phi) is 6.60. The molecule has 0 radical (unpaired) electrons. The zero-order valence-electron chi connectivity index (χ0n) is 13.9. The van der Waals surface area contributed by atoms with E-state index >= 15 is 0 Å². The molecule has 3 N–H and O–H groups in total. The molecule has 24 heavy (non-hydrogen) atoms. The van der Waals surface area contributed by atoms with Gasteiger partial charge in [-0.05, 0) is 48.1 Å². The van der Waals surface area contributed by atoms with Crippen molar-refractivity contribution in [2.24, 2.45) is 11.7 Å². The molecule has 0 spiro atoms. The predicted octanol–water partition coefficient (Wildman–Crippen LogP) is 3.19. The average molecular weight is 349 g/mol. The van der Waals surface area contributed by atoms with Gasteiger partial charge in [-0.25, -0.2) is 0 Å². The van der Waals surface area contributed by atoms with Gasteiger partial charge in [-0.15, -0.1) is 12.4 Å². The first-order chi connectivity index (χ1) is 11.1. The number of rotatable bonds is 4. The van der Waals surface area contributed by atoms with Gasteiger partial charge in [-0.2, -0.15) is 0 Å². The third-order valence-corrected chi connectivity index (χ3v) is 4.71. The highest BCUT2D eigenvalue weighted by atomic mass is 35.5. The number of nitrogens with two attached hydrogens (primary N) is 1. The van der Waals surface area contributed by atoms with Crippen LogP contribution in [-0.2, 0) is 9.53 Å². The van der Waals surface area contributed by atoms with Crippen molar-refractivity contribution in [3.63, 3.8) is 0 Å². The summed E-state index contributed by atoms with van der Waals surface area (Å²) in [6, 6.07) is 14.0. The average Bonchev–Trinajstić information content (AvgIpc) is 2.61. The second-order valence-electron chi connectivity index (χ2n) is 6.31. The van der Waals surface area contributed by atoms with Gasteiger partial charge < -0.3 is 15.8 Å². The molecule has 0 saturated carbocycles. The van der Waals surface area contributed by atoms with Crippen molar-refractivity contribution in [2.75, 3.05) is 13.2 Å². The van der Waals surface area contributed by atoms with Crippen LogP contribution in [0, 0.1) is 5.92 Å². The largest absolute Gasteiger partial charge is 0.381 e. The standard InChI is InChI=1S/C19H24N2O2.ClH/c1-13(16-7-6-14-4-2-3-5-17(14)12-16)21-19(22)18(20)15-8-10-23-11-9-15;/h2-7,12-13,15,18H,8-11,20H2,1H3,(H,21,22);1H. The molecule has 4 nitrogen and oxygen atoms in total. The lowest BCUT2D eigenvalue weighted by Crippen LogP contribution is -2.47. The minimum absolute atomic E-state index is 0. The molecule has 1 heterocycles. The number of nitrogens with one attached hydrogen (secondary N) is 1. The molecule has 2 aromatic carbocycles. The Morgan fingerprint density at radius 2 is 1.83 bits per heavy atom. The number of carbonyl (C=O) groups is 1. The second-order valence-corrected chi connectivity index (χ2v) is 6.31. The number of hydrogen-bond acceptors (Lipinski definition) is 3. The molecule has 5 heteroatoms. The van der Waals surface area contributed by atoms with Gasteiger partial charge in [0.05, 0.1) is 12.1 Å². The van der Waals surface area contributed by atoms with Crippen LogP contribution in [0.2, 0.25) is 0 Å². The van der Waals surface area contributed by atoms with Crippen LogP contribution in [0.5, 0.6) is 0 Å². The van der Waals surface area contributed by atoms with Gasteiger partial charge in [0.2, 0.25) is 5.91 Å². The Balaban J connectivity index is 0.00000208. The fraction of sp³-hybridized carbons (Fsp3) is 0.421. The molecular formula is C19H25ClN2O2. The molecule has 1 aliphatic rings. The minimum atomic E-state index is -0.457. The minimum Gasteiger partial charge on any atom is -0.381 e. The summed E-state index contributed by atoms with van der Waals surface area (Å²) in [4.78, 5) is 12.4. The summed E-state index contributed by atoms with van der Waals surface area (Å²) in [5.74, 6) is 0.144. The molecule has 1 fully saturated rings. The smallest absolute Gasteiger partial charge is 0.237 e. The van der Waals surface area contributed by atoms with Gasteiger partial charge in [0.15, 0.2) is 0 Å². The van der Waals surface area contributed by atoms with E-state index in [1.807, 2.05) is 19.1 Å². The van der Waals surface area contributed by atoms with Crippen LogP contribution >= 0.6 is 12.4 Å². The number of fused-ring (bicyclic) bond motifs is 1. The van der Waals surface area contributed by atoms with Gasteiger partial charge in [-0.1, -0.05) is 36.4 Å². The van der Waals surface area contributed by atoms with Crippen molar-refractivity contribution < 1.29 is 9.53 Å². The van der Waals surface area contributed by atoms with E-state index < -0.39 is 6.04 Å². The highest BCUT2D eigenvalue weighted by Gasteiger charge is 2.27. The van der Waals surface area contributed by atoms with Crippen molar-refractivity contribution in [1.29, 1.82) is 0 Å². The van der Waals surface area contributed by atoms with Gasteiger partial charge >= 0.3 is 0 Å². The lowest BCUT2D eigenvalue weighted by molar-refractivity contribution is -0.125. The maximum absolute atomic E-state index is 12.4. The maximum Gasteiger partial charge on any atom is 0.237 e. The quantitative estimate of drug-likeness (QED) is 0.891. The van der Waals surface area contributed by atoms with E-state index in [4.69, 9.17) is 10.5 Å². The summed E-state index contributed by atoms with van der Waals surface area (Å²) in [5.41, 5.74) is 7.23. The fourth-order valence-electron chi connectivity index (χ4n) is 3.16. The van der Waals surface area contributed by atoms with Crippen molar-refractivity contribution in [3.05, 3.63) is 48.0 Å². The molecule has 2 atom stereocenters. The topological polar surface area (TPSA) is 64.4 Å². The Labute approximate surface area is 149 Å². The number of carbonyl (C=O) groups excluding carboxylic acids is 1. The summed E-state index contributed by atoms with van der Waals surface area (Å²) in [6.07, 6.45) is 1.72. The molecule has 2 unspecified atom stereocenters. The van der Waals surface area contributed by atoms with Crippen molar-refractivity contribution in [3.8, 4) is 0 Å². The molecule has 0 aliphatic carbocycles. The SMILES string of the molecule is CC(NC(=O)C(N)C1CCOCC1)c1ccc2ccccc2c1.Cl. The third-order valence-electron chi connectivity index (χ3n) is 4.71. The fourth-order valence-corrected chi connectivity index (χ4v) is 3.16. The summed E-state index contributed by atoms with van der Waals surface area (Å²) >= 11 is 0. The van der Waals surface area contributed by atoms with Crippen LogP contribution < -0.4 is 11.1 Å². The van der Waals surface area contributed by atoms with Crippen LogP contribution in [0.1, 0.15) is 31.4 Å². The van der Waals surface area contributed by atoms with Crippen LogP contribution in [0.3, 0.4) is 0 Å². The normalized spacial score (nSPS) is 17.8. The molecule has 3 rings (SSSR count). The zero-order valence-corrected chi connectivity index (χ0v) is 14.7. The van der Waals surface area contributed by atoms with Crippen LogP contribution in [0.4, 0.5) is 0 Å². The lowest BCUT2D eigenvalue weighted by Gasteiger charge is -2.28. The summed E-state index contributed by atoms with van der Waals surface area (Å²) in [6.45, 7) is 3.40. The second kappa shape index (κ2) is 8.47. The number of amides is 1. The molecule has 2 aromatic rings. The van der Waals surface area contributed by atoms with Gasteiger partial charge in [0, 0.05) is 13.2 Å². The highest BCUT2D eigenvalue weighted by molar-refractivity contribution is 5.85. The first-order valence-corrected chi connectivity index (χ1v) is 8.27. The highest BCUT2D eigenvalue weighted by Crippen LogP contribution is 2.22. The van der Waals surface area contributed by atoms with E-state index in [2.05, 4.69) is 35.6 Å². The summed E-state index contributed by atoms with van der Waals surface area (Å²) < 4.78 is 5.33. The number of benzene rings is 2.